The Hall–Kier alpha value is -2.43. The van der Waals surface area contributed by atoms with Crippen molar-refractivity contribution in [2.24, 2.45) is 5.92 Å². The molecule has 33 heavy (non-hydrogen) atoms. The van der Waals surface area contributed by atoms with Crippen LogP contribution < -0.4 is 4.74 Å². The molecule has 3 heterocycles. The van der Waals surface area contributed by atoms with E-state index in [1.807, 2.05) is 17.5 Å². The van der Waals surface area contributed by atoms with Crippen LogP contribution >= 0.6 is 11.3 Å². The van der Waals surface area contributed by atoms with E-state index in [1.54, 1.807) is 28.4 Å². The molecule has 2 atom stereocenters. The van der Waals surface area contributed by atoms with Crippen molar-refractivity contribution in [2.45, 2.75) is 36.6 Å². The Morgan fingerprint density at radius 2 is 1.85 bits per heavy atom. The summed E-state index contributed by atoms with van der Waals surface area (Å²) in [6.45, 7) is 0.717. The summed E-state index contributed by atoms with van der Waals surface area (Å²) in [7, 11) is -2.22. The molecule has 0 aliphatic carbocycles. The lowest BCUT2D eigenvalue weighted by atomic mass is 10.00. The number of sulfonamides is 1. The summed E-state index contributed by atoms with van der Waals surface area (Å²) >= 11 is 1.62. The molecule has 0 bridgehead atoms. The monoisotopic (exact) mass is 492 g/mol. The molecule has 1 amide bonds. The number of nitrogens with zero attached hydrogens (tertiary/aromatic N) is 2. The highest BCUT2D eigenvalue weighted by Crippen LogP contribution is 2.34. The maximum Gasteiger partial charge on any atom is 0.310 e. The average molecular weight is 493 g/mol. The first-order chi connectivity index (χ1) is 15.9. The standard InChI is InChI=1S/C23H28N2O6S2/c1-30-18-8-10-19(11-9-18)33(28,29)24-12-2-5-17(15-24)23(27)31-16-22(26)25-13-3-6-20(25)21-7-4-14-32-21/h4,7-11,14,17,20H,2-3,5-6,12-13,15-16H2,1H3. The van der Waals surface area contributed by atoms with Crippen LogP contribution in [0, 0.1) is 5.92 Å². The molecular formula is C23H28N2O6S2. The number of thiophene rings is 1. The topological polar surface area (TPSA) is 93.2 Å². The number of hydrogen-bond acceptors (Lipinski definition) is 7. The van der Waals surface area contributed by atoms with E-state index < -0.39 is 21.9 Å². The summed E-state index contributed by atoms with van der Waals surface area (Å²) in [4.78, 5) is 28.5. The van der Waals surface area contributed by atoms with Crippen molar-refractivity contribution in [3.05, 3.63) is 46.7 Å². The van der Waals surface area contributed by atoms with E-state index in [2.05, 4.69) is 0 Å². The van der Waals surface area contributed by atoms with Gasteiger partial charge in [-0.2, -0.15) is 4.31 Å². The van der Waals surface area contributed by atoms with Crippen LogP contribution in [0.5, 0.6) is 5.75 Å². The summed E-state index contributed by atoms with van der Waals surface area (Å²) in [5.41, 5.74) is 0. The molecule has 2 fully saturated rings. The van der Waals surface area contributed by atoms with E-state index in [0.29, 0.717) is 31.7 Å². The lowest BCUT2D eigenvalue weighted by Gasteiger charge is -2.31. The number of amides is 1. The van der Waals surface area contributed by atoms with Crippen molar-refractivity contribution in [1.29, 1.82) is 0 Å². The van der Waals surface area contributed by atoms with Crippen LogP contribution in [0.2, 0.25) is 0 Å². The third-order valence-electron chi connectivity index (χ3n) is 6.20. The van der Waals surface area contributed by atoms with Crippen molar-refractivity contribution in [2.75, 3.05) is 33.4 Å². The quantitative estimate of drug-likeness (QED) is 0.552. The Labute approximate surface area is 198 Å². The second kappa shape index (κ2) is 10.2. The second-order valence-corrected chi connectivity index (χ2v) is 11.2. The van der Waals surface area contributed by atoms with Gasteiger partial charge in [-0.25, -0.2) is 8.42 Å². The second-order valence-electron chi connectivity index (χ2n) is 8.25. The Balaban J connectivity index is 1.34. The number of hydrogen-bond donors (Lipinski definition) is 0. The number of piperidine rings is 1. The molecule has 2 aromatic rings. The normalized spacial score (nSPS) is 21.7. The number of likely N-dealkylation sites (tertiary alicyclic amines) is 1. The Bertz CT molecular complexity index is 1070. The van der Waals surface area contributed by atoms with Crippen LogP contribution in [0.15, 0.2) is 46.7 Å². The van der Waals surface area contributed by atoms with Crippen LogP contribution in [-0.4, -0.2) is 62.9 Å². The zero-order valence-corrected chi connectivity index (χ0v) is 20.1. The molecule has 0 N–H and O–H groups in total. The molecule has 10 heteroatoms. The minimum absolute atomic E-state index is 0.0380. The summed E-state index contributed by atoms with van der Waals surface area (Å²) in [6, 6.07) is 10.2. The fraction of sp³-hybridized carbons (Fsp3) is 0.478. The van der Waals surface area contributed by atoms with Gasteiger partial charge in [0, 0.05) is 24.5 Å². The first-order valence-corrected chi connectivity index (χ1v) is 13.4. The first-order valence-electron chi connectivity index (χ1n) is 11.0. The Kier molecular flexibility index (Phi) is 7.35. The van der Waals surface area contributed by atoms with Crippen molar-refractivity contribution in [3.8, 4) is 5.75 Å². The summed E-state index contributed by atoms with van der Waals surface area (Å²) in [5, 5.41) is 1.99. The Morgan fingerprint density at radius 3 is 2.55 bits per heavy atom. The fourth-order valence-corrected chi connectivity index (χ4v) is 6.82. The van der Waals surface area contributed by atoms with Gasteiger partial charge in [-0.1, -0.05) is 6.07 Å². The molecule has 8 nitrogen and oxygen atoms in total. The predicted octanol–water partition coefficient (Wildman–Crippen LogP) is 3.06. The molecule has 0 saturated carbocycles. The zero-order valence-electron chi connectivity index (χ0n) is 18.5. The number of carbonyl (C=O) groups excluding carboxylic acids is 2. The third kappa shape index (κ3) is 5.23. The largest absolute Gasteiger partial charge is 0.497 e. The molecule has 1 aromatic heterocycles. The van der Waals surface area contributed by atoms with Crippen molar-refractivity contribution >= 4 is 33.2 Å². The van der Waals surface area contributed by atoms with Gasteiger partial charge in [0.05, 0.1) is 24.0 Å². The van der Waals surface area contributed by atoms with E-state index >= 15 is 0 Å². The van der Waals surface area contributed by atoms with Gasteiger partial charge in [-0.3, -0.25) is 9.59 Å². The fourth-order valence-electron chi connectivity index (χ4n) is 4.43. The van der Waals surface area contributed by atoms with Gasteiger partial charge < -0.3 is 14.4 Å². The third-order valence-corrected chi connectivity index (χ3v) is 9.05. The molecule has 0 radical (unpaired) electrons. The van der Waals surface area contributed by atoms with E-state index in [9.17, 15) is 18.0 Å². The summed E-state index contributed by atoms with van der Waals surface area (Å²) < 4.78 is 37.8. The van der Waals surface area contributed by atoms with Crippen LogP contribution in [0.4, 0.5) is 0 Å². The SMILES string of the molecule is COc1ccc(S(=O)(=O)N2CCCC(C(=O)OCC(=O)N3CCCC3c3cccs3)C2)cc1. The van der Waals surface area contributed by atoms with Crippen LogP contribution in [0.25, 0.3) is 0 Å². The molecular weight excluding hydrogens is 464 g/mol. The maximum atomic E-state index is 13.0. The van der Waals surface area contributed by atoms with E-state index in [-0.39, 0.29) is 30.0 Å². The summed E-state index contributed by atoms with van der Waals surface area (Å²) in [5.74, 6) is -0.757. The molecule has 2 saturated heterocycles. The van der Waals surface area contributed by atoms with Gasteiger partial charge >= 0.3 is 5.97 Å². The van der Waals surface area contributed by atoms with Gasteiger partial charge in [0.2, 0.25) is 10.0 Å². The number of benzene rings is 1. The highest BCUT2D eigenvalue weighted by Gasteiger charge is 2.35. The van der Waals surface area contributed by atoms with Gasteiger partial charge in [0.25, 0.3) is 5.91 Å². The van der Waals surface area contributed by atoms with Gasteiger partial charge in [0.1, 0.15) is 5.75 Å². The lowest BCUT2D eigenvalue weighted by Crippen LogP contribution is -2.43. The first kappa shape index (κ1) is 23.7. The molecule has 178 valence electrons. The molecule has 2 aliphatic rings. The zero-order chi connectivity index (χ0) is 23.4. The molecule has 2 aliphatic heterocycles. The number of carbonyl (C=O) groups is 2. The van der Waals surface area contributed by atoms with Crippen LogP contribution in [-0.2, 0) is 24.3 Å². The molecule has 2 unspecified atom stereocenters. The highest BCUT2D eigenvalue weighted by molar-refractivity contribution is 7.89. The van der Waals surface area contributed by atoms with Crippen LogP contribution in [0.1, 0.15) is 36.6 Å². The predicted molar refractivity (Wildman–Crippen MR) is 123 cm³/mol. The summed E-state index contributed by atoms with van der Waals surface area (Å²) in [6.07, 6.45) is 2.91. The van der Waals surface area contributed by atoms with Gasteiger partial charge in [-0.15, -0.1) is 11.3 Å². The van der Waals surface area contributed by atoms with Crippen molar-refractivity contribution in [1.82, 2.24) is 9.21 Å². The Morgan fingerprint density at radius 1 is 1.09 bits per heavy atom. The van der Waals surface area contributed by atoms with Gasteiger partial charge in [0.15, 0.2) is 6.61 Å². The van der Waals surface area contributed by atoms with Crippen molar-refractivity contribution < 1.29 is 27.5 Å². The van der Waals surface area contributed by atoms with E-state index in [1.165, 1.54) is 23.5 Å². The smallest absolute Gasteiger partial charge is 0.310 e. The maximum absolute atomic E-state index is 13.0. The number of esters is 1. The molecule has 1 aromatic carbocycles. The van der Waals surface area contributed by atoms with Crippen molar-refractivity contribution in [3.63, 3.8) is 0 Å². The molecule has 0 spiro atoms. The minimum Gasteiger partial charge on any atom is -0.497 e. The highest BCUT2D eigenvalue weighted by atomic mass is 32.2. The van der Waals surface area contributed by atoms with E-state index in [0.717, 1.165) is 17.7 Å². The lowest BCUT2D eigenvalue weighted by molar-refractivity contribution is -0.156. The average Bonchev–Trinajstić information content (AvgIpc) is 3.54. The van der Waals surface area contributed by atoms with E-state index in [4.69, 9.17) is 9.47 Å². The minimum atomic E-state index is -3.73. The molecule has 4 rings (SSSR count). The van der Waals surface area contributed by atoms with Gasteiger partial charge in [-0.05, 0) is 61.4 Å². The van der Waals surface area contributed by atoms with Crippen LogP contribution in [0.3, 0.4) is 0 Å². The number of methoxy groups -OCH3 is 1. The number of rotatable bonds is 7. The number of ether oxygens (including phenoxy) is 2.